The molecule has 2 atom stereocenters. The zero-order valence-electron chi connectivity index (χ0n) is 8.75. The van der Waals surface area contributed by atoms with Gasteiger partial charge in [-0.05, 0) is 25.5 Å². The molecule has 2 nitrogen and oxygen atoms in total. The standard InChI is InChI=1S/C11H17NOS/c1-3-9-7-13-10(6-12-9)11-5-4-8(2)14-11/h4-5,9-10,12H,3,6-7H2,1-2H3. The number of rotatable bonds is 2. The fourth-order valence-electron chi connectivity index (χ4n) is 1.70. The Labute approximate surface area is 89.3 Å². The average Bonchev–Trinajstić information content (AvgIpc) is 2.65. The summed E-state index contributed by atoms with van der Waals surface area (Å²) >= 11 is 1.84. The van der Waals surface area contributed by atoms with Gasteiger partial charge in [0.1, 0.15) is 6.10 Å². The smallest absolute Gasteiger partial charge is 0.104 e. The Morgan fingerprint density at radius 2 is 2.43 bits per heavy atom. The summed E-state index contributed by atoms with van der Waals surface area (Å²) in [5, 5.41) is 3.51. The summed E-state index contributed by atoms with van der Waals surface area (Å²) in [5.74, 6) is 0. The molecule has 1 saturated heterocycles. The molecule has 0 amide bonds. The second-order valence-electron chi connectivity index (χ2n) is 3.78. The van der Waals surface area contributed by atoms with Crippen LogP contribution >= 0.6 is 11.3 Å². The monoisotopic (exact) mass is 211 g/mol. The van der Waals surface area contributed by atoms with E-state index in [0.717, 1.165) is 19.6 Å². The summed E-state index contributed by atoms with van der Waals surface area (Å²) in [6, 6.07) is 4.89. The second-order valence-corrected chi connectivity index (χ2v) is 5.10. The van der Waals surface area contributed by atoms with E-state index in [1.165, 1.54) is 9.75 Å². The first-order chi connectivity index (χ1) is 6.79. The van der Waals surface area contributed by atoms with Gasteiger partial charge >= 0.3 is 0 Å². The first-order valence-electron chi connectivity index (χ1n) is 5.21. The SMILES string of the molecule is CCC1COC(c2ccc(C)s2)CN1. The Kier molecular flexibility index (Phi) is 3.21. The number of ether oxygens (including phenoxy) is 1. The van der Waals surface area contributed by atoms with Crippen molar-refractivity contribution < 1.29 is 4.74 Å². The van der Waals surface area contributed by atoms with E-state index in [9.17, 15) is 0 Å². The Bertz CT molecular complexity index is 289. The first-order valence-corrected chi connectivity index (χ1v) is 6.02. The molecule has 78 valence electrons. The highest BCUT2D eigenvalue weighted by Crippen LogP contribution is 2.27. The van der Waals surface area contributed by atoms with Crippen molar-refractivity contribution in [3.63, 3.8) is 0 Å². The highest BCUT2D eigenvalue weighted by molar-refractivity contribution is 7.12. The van der Waals surface area contributed by atoms with Crippen molar-refractivity contribution in [1.82, 2.24) is 5.32 Å². The lowest BCUT2D eigenvalue weighted by Crippen LogP contribution is -2.42. The summed E-state index contributed by atoms with van der Waals surface area (Å²) in [7, 11) is 0. The Balaban J connectivity index is 1.95. The summed E-state index contributed by atoms with van der Waals surface area (Å²) < 4.78 is 5.83. The molecule has 1 fully saturated rings. The van der Waals surface area contributed by atoms with E-state index >= 15 is 0 Å². The van der Waals surface area contributed by atoms with Gasteiger partial charge in [-0.2, -0.15) is 0 Å². The van der Waals surface area contributed by atoms with Gasteiger partial charge in [-0.1, -0.05) is 6.92 Å². The molecule has 1 aromatic rings. The number of morpholine rings is 1. The quantitative estimate of drug-likeness (QED) is 0.811. The molecular formula is C11H17NOS. The summed E-state index contributed by atoms with van der Waals surface area (Å²) in [5.41, 5.74) is 0. The van der Waals surface area contributed by atoms with E-state index < -0.39 is 0 Å². The number of hydrogen-bond donors (Lipinski definition) is 1. The molecule has 0 radical (unpaired) electrons. The molecule has 2 unspecified atom stereocenters. The molecule has 2 rings (SSSR count). The molecule has 0 saturated carbocycles. The lowest BCUT2D eigenvalue weighted by atomic mass is 10.1. The molecule has 1 aliphatic heterocycles. The minimum Gasteiger partial charge on any atom is -0.370 e. The zero-order valence-corrected chi connectivity index (χ0v) is 9.56. The van der Waals surface area contributed by atoms with E-state index in [4.69, 9.17) is 4.74 Å². The molecule has 0 aliphatic carbocycles. The van der Waals surface area contributed by atoms with Crippen molar-refractivity contribution in [2.45, 2.75) is 32.4 Å². The molecule has 3 heteroatoms. The van der Waals surface area contributed by atoms with Crippen LogP contribution in [-0.4, -0.2) is 19.2 Å². The third-order valence-corrected chi connectivity index (χ3v) is 3.75. The number of nitrogens with one attached hydrogen (secondary N) is 1. The second kappa shape index (κ2) is 4.43. The van der Waals surface area contributed by atoms with E-state index in [1.807, 2.05) is 11.3 Å². The van der Waals surface area contributed by atoms with Crippen LogP contribution in [0.2, 0.25) is 0 Å². The molecule has 1 N–H and O–H groups in total. The zero-order chi connectivity index (χ0) is 9.97. The van der Waals surface area contributed by atoms with Crippen LogP contribution < -0.4 is 5.32 Å². The highest BCUT2D eigenvalue weighted by atomic mass is 32.1. The normalized spacial score (nSPS) is 27.9. The third kappa shape index (κ3) is 2.16. The number of hydrogen-bond acceptors (Lipinski definition) is 3. The largest absolute Gasteiger partial charge is 0.370 e. The van der Waals surface area contributed by atoms with Crippen LogP contribution in [0.25, 0.3) is 0 Å². The fraction of sp³-hybridized carbons (Fsp3) is 0.636. The molecule has 14 heavy (non-hydrogen) atoms. The van der Waals surface area contributed by atoms with Gasteiger partial charge < -0.3 is 10.1 Å². The Morgan fingerprint density at radius 1 is 1.57 bits per heavy atom. The third-order valence-electron chi connectivity index (χ3n) is 2.66. The minimum absolute atomic E-state index is 0.275. The predicted molar refractivity (Wildman–Crippen MR) is 59.8 cm³/mol. The van der Waals surface area contributed by atoms with Gasteiger partial charge in [0.2, 0.25) is 0 Å². The van der Waals surface area contributed by atoms with Crippen molar-refractivity contribution in [3.05, 3.63) is 21.9 Å². The van der Waals surface area contributed by atoms with Gasteiger partial charge in [-0.25, -0.2) is 0 Å². The van der Waals surface area contributed by atoms with E-state index in [2.05, 4.69) is 31.3 Å². The molecule has 0 spiro atoms. The summed E-state index contributed by atoms with van der Waals surface area (Å²) in [4.78, 5) is 2.71. The topological polar surface area (TPSA) is 21.3 Å². The van der Waals surface area contributed by atoms with Crippen LogP contribution in [0, 0.1) is 6.92 Å². The van der Waals surface area contributed by atoms with Crippen LogP contribution in [0.1, 0.15) is 29.2 Å². The minimum atomic E-state index is 0.275. The van der Waals surface area contributed by atoms with Gasteiger partial charge in [-0.15, -0.1) is 11.3 Å². The van der Waals surface area contributed by atoms with E-state index in [0.29, 0.717) is 6.04 Å². The lowest BCUT2D eigenvalue weighted by molar-refractivity contribution is 0.00424. The van der Waals surface area contributed by atoms with Crippen LogP contribution in [-0.2, 0) is 4.74 Å². The Morgan fingerprint density at radius 3 is 2.93 bits per heavy atom. The molecule has 1 aliphatic rings. The molecule has 1 aromatic heterocycles. The summed E-state index contributed by atoms with van der Waals surface area (Å²) in [6.07, 6.45) is 1.42. The van der Waals surface area contributed by atoms with Crippen molar-refractivity contribution in [2.75, 3.05) is 13.2 Å². The number of thiophene rings is 1. The van der Waals surface area contributed by atoms with Crippen LogP contribution in [0.15, 0.2) is 12.1 Å². The van der Waals surface area contributed by atoms with E-state index in [-0.39, 0.29) is 6.10 Å². The van der Waals surface area contributed by atoms with Gasteiger partial charge in [0, 0.05) is 22.3 Å². The van der Waals surface area contributed by atoms with Crippen molar-refractivity contribution in [2.24, 2.45) is 0 Å². The molecular weight excluding hydrogens is 194 g/mol. The van der Waals surface area contributed by atoms with Gasteiger partial charge in [-0.3, -0.25) is 0 Å². The van der Waals surface area contributed by atoms with Crippen molar-refractivity contribution in [1.29, 1.82) is 0 Å². The first kappa shape index (κ1) is 10.1. The van der Waals surface area contributed by atoms with Gasteiger partial charge in [0.25, 0.3) is 0 Å². The maximum absolute atomic E-state index is 5.83. The summed E-state index contributed by atoms with van der Waals surface area (Å²) in [6.45, 7) is 6.13. The average molecular weight is 211 g/mol. The predicted octanol–water partition coefficient (Wildman–Crippen LogP) is 2.50. The van der Waals surface area contributed by atoms with Crippen LogP contribution in [0.5, 0.6) is 0 Å². The highest BCUT2D eigenvalue weighted by Gasteiger charge is 2.21. The maximum Gasteiger partial charge on any atom is 0.104 e. The molecule has 0 bridgehead atoms. The van der Waals surface area contributed by atoms with Gasteiger partial charge in [0.15, 0.2) is 0 Å². The molecule has 0 aromatic carbocycles. The fourth-order valence-corrected chi connectivity index (χ4v) is 2.62. The van der Waals surface area contributed by atoms with Crippen molar-refractivity contribution in [3.8, 4) is 0 Å². The van der Waals surface area contributed by atoms with Crippen molar-refractivity contribution >= 4 is 11.3 Å². The lowest BCUT2D eigenvalue weighted by Gasteiger charge is -2.29. The maximum atomic E-state index is 5.83. The van der Waals surface area contributed by atoms with Crippen LogP contribution in [0.4, 0.5) is 0 Å². The number of aryl methyl sites for hydroxylation is 1. The van der Waals surface area contributed by atoms with Gasteiger partial charge in [0.05, 0.1) is 6.61 Å². The van der Waals surface area contributed by atoms with Crippen LogP contribution in [0.3, 0.4) is 0 Å². The van der Waals surface area contributed by atoms with E-state index in [1.54, 1.807) is 0 Å². The molecule has 2 heterocycles. The Hall–Kier alpha value is -0.380.